The van der Waals surface area contributed by atoms with Crippen molar-refractivity contribution in [2.24, 2.45) is 5.92 Å². The highest BCUT2D eigenvalue weighted by Crippen LogP contribution is 2.25. The summed E-state index contributed by atoms with van der Waals surface area (Å²) < 4.78 is 0. The van der Waals surface area contributed by atoms with Crippen LogP contribution in [0.1, 0.15) is 36.1 Å². The fourth-order valence-electron chi connectivity index (χ4n) is 3.37. The van der Waals surface area contributed by atoms with Gasteiger partial charge in [0.05, 0.1) is 5.56 Å². The maximum Gasteiger partial charge on any atom is 0.144 e. The topological polar surface area (TPSA) is 52.0 Å². The molecular formula is C16H22N4. The molecule has 1 fully saturated rings. The highest BCUT2D eigenvalue weighted by atomic mass is 15.1. The number of nitriles is 1. The Labute approximate surface area is 120 Å². The molecule has 1 aliphatic heterocycles. The highest BCUT2D eigenvalue weighted by molar-refractivity contribution is 5.55. The molecule has 0 aromatic carbocycles. The molecule has 1 saturated heterocycles. The van der Waals surface area contributed by atoms with Gasteiger partial charge in [0.25, 0.3) is 0 Å². The van der Waals surface area contributed by atoms with E-state index < -0.39 is 0 Å². The van der Waals surface area contributed by atoms with Gasteiger partial charge in [-0.1, -0.05) is 0 Å². The normalized spacial score (nSPS) is 22.3. The predicted molar refractivity (Wildman–Crippen MR) is 79.7 cm³/mol. The Morgan fingerprint density at radius 3 is 3.15 bits per heavy atom. The van der Waals surface area contributed by atoms with Crippen LogP contribution in [0.15, 0.2) is 6.07 Å². The fraction of sp³-hybridized carbons (Fsp3) is 0.625. The SMILES string of the molecule is CN1CCCC(CNc2nc3c(cc2C#N)CCC3)C1. The van der Waals surface area contributed by atoms with Crippen molar-refractivity contribution in [1.29, 1.82) is 5.26 Å². The smallest absolute Gasteiger partial charge is 0.144 e. The van der Waals surface area contributed by atoms with Crippen molar-refractivity contribution in [1.82, 2.24) is 9.88 Å². The first kappa shape index (κ1) is 13.4. The molecule has 1 unspecified atom stereocenters. The molecule has 1 aromatic rings. The number of hydrogen-bond acceptors (Lipinski definition) is 4. The molecule has 0 amide bonds. The lowest BCUT2D eigenvalue weighted by Crippen LogP contribution is -2.35. The van der Waals surface area contributed by atoms with Gasteiger partial charge in [-0.15, -0.1) is 0 Å². The molecule has 4 nitrogen and oxygen atoms in total. The van der Waals surface area contributed by atoms with Crippen molar-refractivity contribution in [3.05, 3.63) is 22.9 Å². The van der Waals surface area contributed by atoms with E-state index in [-0.39, 0.29) is 0 Å². The van der Waals surface area contributed by atoms with E-state index in [1.54, 1.807) is 0 Å². The first-order valence-corrected chi connectivity index (χ1v) is 7.61. The van der Waals surface area contributed by atoms with Gasteiger partial charge in [0.1, 0.15) is 11.9 Å². The quantitative estimate of drug-likeness (QED) is 0.915. The molecule has 20 heavy (non-hydrogen) atoms. The third-order valence-electron chi connectivity index (χ3n) is 4.45. The summed E-state index contributed by atoms with van der Waals surface area (Å²) >= 11 is 0. The fourth-order valence-corrected chi connectivity index (χ4v) is 3.37. The highest BCUT2D eigenvalue weighted by Gasteiger charge is 2.19. The Balaban J connectivity index is 1.69. The van der Waals surface area contributed by atoms with E-state index in [1.807, 2.05) is 6.07 Å². The van der Waals surface area contributed by atoms with E-state index >= 15 is 0 Å². The number of nitrogens with one attached hydrogen (secondary N) is 1. The van der Waals surface area contributed by atoms with E-state index in [1.165, 1.54) is 37.1 Å². The van der Waals surface area contributed by atoms with Crippen molar-refractivity contribution in [3.63, 3.8) is 0 Å². The molecule has 3 rings (SSSR count). The average molecular weight is 270 g/mol. The molecule has 1 N–H and O–H groups in total. The van der Waals surface area contributed by atoms with Crippen LogP contribution in [0.4, 0.5) is 5.82 Å². The minimum atomic E-state index is 0.662. The molecular weight excluding hydrogens is 248 g/mol. The van der Waals surface area contributed by atoms with Gasteiger partial charge in [-0.2, -0.15) is 5.26 Å². The summed E-state index contributed by atoms with van der Waals surface area (Å²) in [5.74, 6) is 1.46. The second kappa shape index (κ2) is 5.80. The molecule has 2 heterocycles. The number of aromatic nitrogens is 1. The predicted octanol–water partition coefficient (Wildman–Crippen LogP) is 2.20. The molecule has 1 atom stereocenters. The van der Waals surface area contributed by atoms with Gasteiger partial charge in [0, 0.05) is 18.8 Å². The van der Waals surface area contributed by atoms with Crippen LogP contribution in [0, 0.1) is 17.2 Å². The lowest BCUT2D eigenvalue weighted by atomic mass is 9.98. The van der Waals surface area contributed by atoms with E-state index in [0.717, 1.165) is 31.7 Å². The number of rotatable bonds is 3. The van der Waals surface area contributed by atoms with E-state index in [0.29, 0.717) is 11.5 Å². The largest absolute Gasteiger partial charge is 0.369 e. The Morgan fingerprint density at radius 1 is 1.45 bits per heavy atom. The Hall–Kier alpha value is -1.60. The van der Waals surface area contributed by atoms with E-state index in [2.05, 4.69) is 28.3 Å². The molecule has 4 heteroatoms. The molecule has 106 valence electrons. The zero-order chi connectivity index (χ0) is 13.9. The number of likely N-dealkylation sites (tertiary alicyclic amines) is 1. The van der Waals surface area contributed by atoms with Gasteiger partial charge in [-0.3, -0.25) is 0 Å². The molecule has 0 bridgehead atoms. The van der Waals surface area contributed by atoms with Crippen LogP contribution in [-0.2, 0) is 12.8 Å². The van der Waals surface area contributed by atoms with Gasteiger partial charge in [0.15, 0.2) is 0 Å². The molecule has 0 spiro atoms. The van der Waals surface area contributed by atoms with Crippen LogP contribution in [0.5, 0.6) is 0 Å². The van der Waals surface area contributed by atoms with Crippen molar-refractivity contribution in [3.8, 4) is 6.07 Å². The van der Waals surface area contributed by atoms with Gasteiger partial charge in [-0.05, 0) is 63.2 Å². The second-order valence-corrected chi connectivity index (χ2v) is 6.11. The monoisotopic (exact) mass is 270 g/mol. The minimum Gasteiger partial charge on any atom is -0.369 e. The summed E-state index contributed by atoms with van der Waals surface area (Å²) in [4.78, 5) is 7.07. The molecule has 0 radical (unpaired) electrons. The van der Waals surface area contributed by atoms with E-state index in [9.17, 15) is 5.26 Å². The third kappa shape index (κ3) is 2.78. The van der Waals surface area contributed by atoms with Gasteiger partial charge >= 0.3 is 0 Å². The van der Waals surface area contributed by atoms with Crippen LogP contribution in [0.2, 0.25) is 0 Å². The molecule has 0 saturated carbocycles. The average Bonchev–Trinajstić information content (AvgIpc) is 2.91. The van der Waals surface area contributed by atoms with Crippen LogP contribution >= 0.6 is 0 Å². The lowest BCUT2D eigenvalue weighted by molar-refractivity contribution is 0.217. The second-order valence-electron chi connectivity index (χ2n) is 6.11. The van der Waals surface area contributed by atoms with Crippen molar-refractivity contribution >= 4 is 5.82 Å². The number of fused-ring (bicyclic) bond motifs is 1. The van der Waals surface area contributed by atoms with Crippen LogP contribution in [0.3, 0.4) is 0 Å². The molecule has 2 aliphatic rings. The first-order valence-electron chi connectivity index (χ1n) is 7.61. The summed E-state index contributed by atoms with van der Waals surface area (Å²) in [5, 5.41) is 12.7. The standard InChI is InChI=1S/C16H22N4/c1-20-7-3-4-12(11-20)10-18-16-14(9-17)8-13-5-2-6-15(13)19-16/h8,12H,2-7,10-11H2,1H3,(H,18,19). The number of anilines is 1. The Bertz CT molecular complexity index is 532. The zero-order valence-electron chi connectivity index (χ0n) is 12.2. The summed E-state index contributed by atoms with van der Waals surface area (Å²) in [5.41, 5.74) is 3.16. The van der Waals surface area contributed by atoms with Gasteiger partial charge in [0.2, 0.25) is 0 Å². The number of pyridine rings is 1. The maximum absolute atomic E-state index is 9.29. The Morgan fingerprint density at radius 2 is 2.35 bits per heavy atom. The molecule has 1 aromatic heterocycles. The van der Waals surface area contributed by atoms with Crippen LogP contribution in [-0.4, -0.2) is 36.6 Å². The Kier molecular flexibility index (Phi) is 3.88. The van der Waals surface area contributed by atoms with Crippen LogP contribution in [0.25, 0.3) is 0 Å². The summed E-state index contributed by atoms with van der Waals surface area (Å²) in [6, 6.07) is 4.32. The summed E-state index contributed by atoms with van der Waals surface area (Å²) in [6.45, 7) is 3.27. The molecule has 1 aliphatic carbocycles. The maximum atomic E-state index is 9.29. The van der Waals surface area contributed by atoms with E-state index in [4.69, 9.17) is 0 Å². The first-order chi connectivity index (χ1) is 9.76. The van der Waals surface area contributed by atoms with Crippen molar-refractivity contribution in [2.45, 2.75) is 32.1 Å². The van der Waals surface area contributed by atoms with Crippen LogP contribution < -0.4 is 5.32 Å². The lowest BCUT2D eigenvalue weighted by Gasteiger charge is -2.29. The zero-order valence-corrected chi connectivity index (χ0v) is 12.2. The summed E-state index contributed by atoms with van der Waals surface area (Å²) in [7, 11) is 2.18. The number of hydrogen-bond donors (Lipinski definition) is 1. The number of nitrogens with zero attached hydrogens (tertiary/aromatic N) is 3. The van der Waals surface area contributed by atoms with Gasteiger partial charge < -0.3 is 10.2 Å². The third-order valence-corrected chi connectivity index (χ3v) is 4.45. The number of piperidine rings is 1. The number of aryl methyl sites for hydroxylation is 2. The van der Waals surface area contributed by atoms with Crippen molar-refractivity contribution in [2.75, 3.05) is 32.0 Å². The van der Waals surface area contributed by atoms with Gasteiger partial charge in [-0.25, -0.2) is 4.98 Å². The summed E-state index contributed by atoms with van der Waals surface area (Å²) in [6.07, 6.45) is 5.84. The van der Waals surface area contributed by atoms with Crippen molar-refractivity contribution < 1.29 is 0 Å². The minimum absolute atomic E-state index is 0.662.